The average molecular weight is 362 g/mol. The van der Waals surface area contributed by atoms with Gasteiger partial charge in [0.2, 0.25) is 5.91 Å². The molecule has 0 aliphatic rings. The second-order valence-corrected chi connectivity index (χ2v) is 5.71. The van der Waals surface area contributed by atoms with Crippen molar-refractivity contribution in [2.45, 2.75) is 20.3 Å². The zero-order valence-corrected chi connectivity index (χ0v) is 15.3. The van der Waals surface area contributed by atoms with Crippen LogP contribution in [0.1, 0.15) is 29.3 Å². The van der Waals surface area contributed by atoms with E-state index in [2.05, 4.69) is 5.32 Å². The molecule has 134 valence electrons. The number of hydrogen-bond acceptors (Lipinski definition) is 3. The van der Waals surface area contributed by atoms with Crippen molar-refractivity contribution in [3.05, 3.63) is 59.7 Å². The molecule has 0 saturated carbocycles. The lowest BCUT2D eigenvalue weighted by atomic mass is 10.1. The summed E-state index contributed by atoms with van der Waals surface area (Å²) in [6.07, 6.45) is 0.776. The molecule has 3 N–H and O–H groups in total. The van der Waals surface area contributed by atoms with Crippen LogP contribution in [0.15, 0.2) is 48.5 Å². The third-order valence-corrected chi connectivity index (χ3v) is 3.69. The smallest absolute Gasteiger partial charge is 0.254 e. The van der Waals surface area contributed by atoms with Gasteiger partial charge in [-0.1, -0.05) is 25.1 Å². The van der Waals surface area contributed by atoms with E-state index in [0.717, 1.165) is 17.7 Å². The fourth-order valence-electron chi connectivity index (χ4n) is 2.41. The van der Waals surface area contributed by atoms with Gasteiger partial charge in [-0.2, -0.15) is 0 Å². The van der Waals surface area contributed by atoms with Crippen molar-refractivity contribution in [1.29, 1.82) is 0 Å². The Hall–Kier alpha value is -2.53. The SMILES string of the molecule is CCCN(CC(=O)Nc1ccccc1C)C(=O)c1ccc(N)cc1.Cl. The number of halogens is 1. The first-order valence-electron chi connectivity index (χ1n) is 8.01. The molecule has 2 aromatic carbocycles. The standard InChI is InChI=1S/C19H23N3O2.ClH/c1-3-12-22(19(24)15-8-10-16(20)11-9-15)13-18(23)21-17-7-5-4-6-14(17)2;/h4-11H,3,12-13,20H2,1-2H3,(H,21,23);1H. The van der Waals surface area contributed by atoms with Crippen LogP contribution in [0.4, 0.5) is 11.4 Å². The third kappa shape index (κ3) is 5.80. The number of hydrogen-bond donors (Lipinski definition) is 2. The van der Waals surface area contributed by atoms with E-state index in [9.17, 15) is 9.59 Å². The fourth-order valence-corrected chi connectivity index (χ4v) is 2.41. The molecule has 0 unspecified atom stereocenters. The number of carbonyl (C=O) groups is 2. The summed E-state index contributed by atoms with van der Waals surface area (Å²) < 4.78 is 0. The van der Waals surface area contributed by atoms with Gasteiger partial charge in [0, 0.05) is 23.5 Å². The van der Waals surface area contributed by atoms with Crippen LogP contribution in [0, 0.1) is 6.92 Å². The molecule has 25 heavy (non-hydrogen) atoms. The molecule has 0 bridgehead atoms. The Labute approximate surface area is 154 Å². The molecule has 6 heteroatoms. The molecule has 2 amide bonds. The predicted molar refractivity (Wildman–Crippen MR) is 104 cm³/mol. The normalized spacial score (nSPS) is 9.84. The molecule has 0 fully saturated rings. The summed E-state index contributed by atoms with van der Waals surface area (Å²) >= 11 is 0. The molecule has 0 aromatic heterocycles. The average Bonchev–Trinajstić information content (AvgIpc) is 2.56. The Morgan fingerprint density at radius 2 is 1.72 bits per heavy atom. The number of amides is 2. The zero-order chi connectivity index (χ0) is 17.5. The van der Waals surface area contributed by atoms with Gasteiger partial charge in [-0.15, -0.1) is 12.4 Å². The lowest BCUT2D eigenvalue weighted by Crippen LogP contribution is -2.38. The monoisotopic (exact) mass is 361 g/mol. The highest BCUT2D eigenvalue weighted by Crippen LogP contribution is 2.14. The maximum atomic E-state index is 12.6. The molecule has 0 aliphatic heterocycles. The minimum absolute atomic E-state index is 0. The molecular weight excluding hydrogens is 338 g/mol. The summed E-state index contributed by atoms with van der Waals surface area (Å²) in [7, 11) is 0. The van der Waals surface area contributed by atoms with Gasteiger partial charge in [-0.3, -0.25) is 9.59 Å². The largest absolute Gasteiger partial charge is 0.399 e. The Morgan fingerprint density at radius 3 is 2.32 bits per heavy atom. The highest BCUT2D eigenvalue weighted by Gasteiger charge is 2.18. The number of benzene rings is 2. The molecule has 0 spiro atoms. The van der Waals surface area contributed by atoms with Gasteiger partial charge < -0.3 is 16.0 Å². The topological polar surface area (TPSA) is 75.4 Å². The van der Waals surface area contributed by atoms with Crippen LogP contribution in [0.5, 0.6) is 0 Å². The van der Waals surface area contributed by atoms with Gasteiger partial charge in [0.15, 0.2) is 0 Å². The molecule has 2 rings (SSSR count). The lowest BCUT2D eigenvalue weighted by molar-refractivity contribution is -0.116. The van der Waals surface area contributed by atoms with Gasteiger partial charge in [-0.05, 0) is 49.2 Å². The maximum absolute atomic E-state index is 12.6. The van der Waals surface area contributed by atoms with E-state index in [-0.39, 0.29) is 30.8 Å². The van der Waals surface area contributed by atoms with Gasteiger partial charge >= 0.3 is 0 Å². The van der Waals surface area contributed by atoms with Crippen molar-refractivity contribution in [3.63, 3.8) is 0 Å². The van der Waals surface area contributed by atoms with E-state index in [1.54, 1.807) is 29.2 Å². The van der Waals surface area contributed by atoms with Crippen molar-refractivity contribution >= 4 is 35.6 Å². The Kier molecular flexibility index (Phi) is 7.95. The minimum Gasteiger partial charge on any atom is -0.399 e. The summed E-state index contributed by atoms with van der Waals surface area (Å²) in [6, 6.07) is 14.3. The maximum Gasteiger partial charge on any atom is 0.254 e. The number of nitrogen functional groups attached to an aromatic ring is 1. The van der Waals surface area contributed by atoms with E-state index in [1.807, 2.05) is 38.1 Å². The minimum atomic E-state index is -0.207. The summed E-state index contributed by atoms with van der Waals surface area (Å²) in [5, 5.41) is 2.86. The molecule has 0 aliphatic carbocycles. The molecule has 0 radical (unpaired) electrons. The lowest BCUT2D eigenvalue weighted by Gasteiger charge is -2.22. The highest BCUT2D eigenvalue weighted by molar-refractivity contribution is 5.99. The van der Waals surface area contributed by atoms with Crippen molar-refractivity contribution in [3.8, 4) is 0 Å². The first-order chi connectivity index (χ1) is 11.5. The van der Waals surface area contributed by atoms with E-state index in [4.69, 9.17) is 5.73 Å². The summed E-state index contributed by atoms with van der Waals surface area (Å²) in [4.78, 5) is 26.5. The number of nitrogens with one attached hydrogen (secondary N) is 1. The second kappa shape index (κ2) is 9.69. The highest BCUT2D eigenvalue weighted by atomic mass is 35.5. The van der Waals surface area contributed by atoms with Crippen molar-refractivity contribution in [1.82, 2.24) is 4.90 Å². The van der Waals surface area contributed by atoms with Crippen LogP contribution in [-0.4, -0.2) is 29.8 Å². The number of nitrogens with two attached hydrogens (primary N) is 1. The van der Waals surface area contributed by atoms with Crippen molar-refractivity contribution in [2.24, 2.45) is 0 Å². The molecule has 2 aromatic rings. The molecule has 0 saturated heterocycles. The summed E-state index contributed by atoms with van der Waals surface area (Å²) in [6.45, 7) is 4.44. The van der Waals surface area contributed by atoms with E-state index < -0.39 is 0 Å². The Balaban J connectivity index is 0.00000312. The van der Waals surface area contributed by atoms with Crippen LogP contribution in [0.2, 0.25) is 0 Å². The fraction of sp³-hybridized carbons (Fsp3) is 0.263. The summed E-state index contributed by atoms with van der Waals surface area (Å²) in [5.74, 6) is -0.377. The molecule has 0 heterocycles. The van der Waals surface area contributed by atoms with Crippen LogP contribution in [0.25, 0.3) is 0 Å². The van der Waals surface area contributed by atoms with E-state index >= 15 is 0 Å². The molecule has 0 atom stereocenters. The molecular formula is C19H24ClN3O2. The third-order valence-electron chi connectivity index (χ3n) is 3.69. The second-order valence-electron chi connectivity index (χ2n) is 5.71. The van der Waals surface area contributed by atoms with Crippen molar-refractivity contribution in [2.75, 3.05) is 24.1 Å². The summed E-state index contributed by atoms with van der Waals surface area (Å²) in [5.41, 5.74) is 8.53. The number of carbonyl (C=O) groups excluding carboxylic acids is 2. The Bertz CT molecular complexity index is 717. The Morgan fingerprint density at radius 1 is 1.08 bits per heavy atom. The van der Waals surface area contributed by atoms with Crippen LogP contribution >= 0.6 is 12.4 Å². The van der Waals surface area contributed by atoms with E-state index in [0.29, 0.717) is 17.8 Å². The van der Waals surface area contributed by atoms with Gasteiger partial charge in [0.25, 0.3) is 5.91 Å². The number of nitrogens with zero attached hydrogens (tertiary/aromatic N) is 1. The van der Waals surface area contributed by atoms with Gasteiger partial charge in [0.1, 0.15) is 6.54 Å². The number of anilines is 2. The quantitative estimate of drug-likeness (QED) is 0.773. The van der Waals surface area contributed by atoms with Crippen LogP contribution in [-0.2, 0) is 4.79 Å². The zero-order valence-electron chi connectivity index (χ0n) is 14.5. The van der Waals surface area contributed by atoms with Crippen LogP contribution < -0.4 is 11.1 Å². The van der Waals surface area contributed by atoms with Gasteiger partial charge in [-0.25, -0.2) is 0 Å². The van der Waals surface area contributed by atoms with Crippen molar-refractivity contribution < 1.29 is 9.59 Å². The van der Waals surface area contributed by atoms with E-state index in [1.165, 1.54) is 0 Å². The first-order valence-corrected chi connectivity index (χ1v) is 8.01. The predicted octanol–water partition coefficient (Wildman–Crippen LogP) is 3.49. The van der Waals surface area contributed by atoms with Crippen LogP contribution in [0.3, 0.4) is 0 Å². The number of aryl methyl sites for hydroxylation is 1. The number of para-hydroxylation sites is 1. The van der Waals surface area contributed by atoms with Gasteiger partial charge in [0.05, 0.1) is 0 Å². The number of rotatable bonds is 6. The first kappa shape index (κ1) is 20.5. The molecule has 5 nitrogen and oxygen atoms in total.